The highest BCUT2D eigenvalue weighted by molar-refractivity contribution is 5.29. The van der Waals surface area contributed by atoms with Crippen molar-refractivity contribution < 1.29 is 4.39 Å². The van der Waals surface area contributed by atoms with Gasteiger partial charge < -0.3 is 0 Å². The number of nitrogens with zero attached hydrogens (tertiary/aromatic N) is 1. The number of hydrogen-bond acceptors (Lipinski definition) is 1. The molecular weight excluding hydrogens is 117 g/mol. The van der Waals surface area contributed by atoms with Crippen LogP contribution in [-0.2, 0) is 0 Å². The summed E-state index contributed by atoms with van der Waals surface area (Å²) in [5, 5.41) is 0. The highest BCUT2D eigenvalue weighted by Gasteiger charge is 1.94. The van der Waals surface area contributed by atoms with E-state index in [2.05, 4.69) is 10.9 Å². The van der Waals surface area contributed by atoms with E-state index in [1.165, 1.54) is 12.3 Å². The number of pyridine rings is 1. The zero-order valence-corrected chi connectivity index (χ0v) is 4.63. The maximum absolute atomic E-state index is 12.3. The molecular formula is C7H4FN. The Morgan fingerprint density at radius 1 is 1.67 bits per heavy atom. The van der Waals surface area contributed by atoms with Crippen molar-refractivity contribution in [3.05, 3.63) is 29.8 Å². The van der Waals surface area contributed by atoms with E-state index in [-0.39, 0.29) is 5.56 Å². The minimum Gasteiger partial charge on any atom is -0.227 e. The van der Waals surface area contributed by atoms with Crippen LogP contribution in [0, 0.1) is 18.3 Å². The molecule has 0 atom stereocenters. The smallest absolute Gasteiger partial charge is 0.227 e. The fourth-order valence-corrected chi connectivity index (χ4v) is 0.494. The zero-order valence-electron chi connectivity index (χ0n) is 4.63. The van der Waals surface area contributed by atoms with Crippen LogP contribution in [0.25, 0.3) is 0 Å². The summed E-state index contributed by atoms with van der Waals surface area (Å²) < 4.78 is 12.3. The highest BCUT2D eigenvalue weighted by Crippen LogP contribution is 1.98. The molecule has 0 aliphatic carbocycles. The molecule has 9 heavy (non-hydrogen) atoms. The Kier molecular flexibility index (Phi) is 1.46. The van der Waals surface area contributed by atoms with Crippen LogP contribution in [0.4, 0.5) is 4.39 Å². The summed E-state index contributed by atoms with van der Waals surface area (Å²) >= 11 is 0. The van der Waals surface area contributed by atoms with Crippen molar-refractivity contribution in [1.82, 2.24) is 4.98 Å². The molecule has 0 fully saturated rings. The first-order valence-corrected chi connectivity index (χ1v) is 2.41. The first kappa shape index (κ1) is 5.77. The van der Waals surface area contributed by atoms with Crippen LogP contribution >= 0.6 is 0 Å². The predicted octanol–water partition coefficient (Wildman–Crippen LogP) is 1.20. The SMILES string of the molecule is C#Cc1cccnc1F. The van der Waals surface area contributed by atoms with Gasteiger partial charge in [-0.05, 0) is 12.1 Å². The molecule has 0 saturated heterocycles. The number of rotatable bonds is 0. The van der Waals surface area contributed by atoms with Crippen molar-refractivity contribution in [2.75, 3.05) is 0 Å². The van der Waals surface area contributed by atoms with Crippen LogP contribution in [0.5, 0.6) is 0 Å². The fraction of sp³-hybridized carbons (Fsp3) is 0. The van der Waals surface area contributed by atoms with E-state index in [1.807, 2.05) is 0 Å². The zero-order chi connectivity index (χ0) is 6.69. The molecule has 1 aromatic heterocycles. The number of halogens is 1. The molecule has 0 aromatic carbocycles. The fourth-order valence-electron chi connectivity index (χ4n) is 0.494. The number of terminal acetylenes is 1. The molecule has 1 aromatic rings. The Bertz CT molecular complexity index is 249. The Balaban J connectivity index is 3.20. The van der Waals surface area contributed by atoms with Gasteiger partial charge >= 0.3 is 0 Å². The van der Waals surface area contributed by atoms with Crippen molar-refractivity contribution in [3.8, 4) is 12.3 Å². The van der Waals surface area contributed by atoms with E-state index in [9.17, 15) is 4.39 Å². The minimum atomic E-state index is -0.583. The topological polar surface area (TPSA) is 12.9 Å². The Morgan fingerprint density at radius 3 is 2.89 bits per heavy atom. The summed E-state index contributed by atoms with van der Waals surface area (Å²) in [6, 6.07) is 3.10. The summed E-state index contributed by atoms with van der Waals surface area (Å²) in [5.74, 6) is 1.57. The minimum absolute atomic E-state index is 0.206. The van der Waals surface area contributed by atoms with E-state index in [4.69, 9.17) is 6.42 Å². The van der Waals surface area contributed by atoms with Crippen LogP contribution in [0.2, 0.25) is 0 Å². The monoisotopic (exact) mass is 121 g/mol. The van der Waals surface area contributed by atoms with E-state index < -0.39 is 5.95 Å². The second kappa shape index (κ2) is 2.27. The molecule has 1 nitrogen and oxygen atoms in total. The Morgan fingerprint density at radius 2 is 2.44 bits per heavy atom. The van der Waals surface area contributed by atoms with Crippen LogP contribution in [0.3, 0.4) is 0 Å². The van der Waals surface area contributed by atoms with Crippen molar-refractivity contribution in [1.29, 1.82) is 0 Å². The van der Waals surface area contributed by atoms with Crippen LogP contribution in [-0.4, -0.2) is 4.98 Å². The lowest BCUT2D eigenvalue weighted by atomic mass is 10.3. The summed E-state index contributed by atoms with van der Waals surface area (Å²) in [6.07, 6.45) is 6.28. The molecule has 0 aliphatic heterocycles. The van der Waals surface area contributed by atoms with Crippen LogP contribution < -0.4 is 0 Å². The molecule has 0 amide bonds. The van der Waals surface area contributed by atoms with Crippen molar-refractivity contribution >= 4 is 0 Å². The van der Waals surface area contributed by atoms with Crippen LogP contribution in [0.15, 0.2) is 18.3 Å². The van der Waals surface area contributed by atoms with Gasteiger partial charge in [0.05, 0.1) is 5.56 Å². The number of hydrogen-bond donors (Lipinski definition) is 0. The van der Waals surface area contributed by atoms with Gasteiger partial charge in [-0.25, -0.2) is 4.98 Å². The average molecular weight is 121 g/mol. The van der Waals surface area contributed by atoms with Crippen molar-refractivity contribution in [2.24, 2.45) is 0 Å². The first-order valence-electron chi connectivity index (χ1n) is 2.41. The van der Waals surface area contributed by atoms with Crippen molar-refractivity contribution in [2.45, 2.75) is 0 Å². The van der Waals surface area contributed by atoms with Gasteiger partial charge in [-0.3, -0.25) is 0 Å². The van der Waals surface area contributed by atoms with E-state index >= 15 is 0 Å². The number of aromatic nitrogens is 1. The van der Waals surface area contributed by atoms with Gasteiger partial charge in [0.2, 0.25) is 5.95 Å². The Labute approximate surface area is 52.5 Å². The summed E-state index contributed by atoms with van der Waals surface area (Å²) in [6.45, 7) is 0. The molecule has 44 valence electrons. The van der Waals surface area contributed by atoms with Gasteiger partial charge in [0.25, 0.3) is 0 Å². The largest absolute Gasteiger partial charge is 0.228 e. The second-order valence-corrected chi connectivity index (χ2v) is 1.49. The van der Waals surface area contributed by atoms with Gasteiger partial charge in [-0.1, -0.05) is 5.92 Å². The quantitative estimate of drug-likeness (QED) is 0.371. The molecule has 0 spiro atoms. The lowest BCUT2D eigenvalue weighted by Crippen LogP contribution is -1.84. The predicted molar refractivity (Wildman–Crippen MR) is 32.1 cm³/mol. The van der Waals surface area contributed by atoms with Gasteiger partial charge in [-0.15, -0.1) is 6.42 Å². The lowest BCUT2D eigenvalue weighted by molar-refractivity contribution is 0.580. The normalized spacial score (nSPS) is 8.44. The average Bonchev–Trinajstić information content (AvgIpc) is 1.89. The molecule has 2 heteroatoms. The van der Waals surface area contributed by atoms with Gasteiger partial charge in [0.15, 0.2) is 0 Å². The maximum Gasteiger partial charge on any atom is 0.228 e. The molecule has 1 heterocycles. The third kappa shape index (κ3) is 1.06. The molecule has 0 aliphatic rings. The van der Waals surface area contributed by atoms with E-state index in [0.29, 0.717) is 0 Å². The molecule has 0 saturated carbocycles. The summed E-state index contributed by atoms with van der Waals surface area (Å²) in [4.78, 5) is 3.34. The maximum atomic E-state index is 12.3. The lowest BCUT2D eigenvalue weighted by Gasteiger charge is -1.87. The molecule has 0 radical (unpaired) electrons. The molecule has 0 bridgehead atoms. The Hall–Kier alpha value is -1.36. The van der Waals surface area contributed by atoms with E-state index in [1.54, 1.807) is 6.07 Å². The summed E-state index contributed by atoms with van der Waals surface area (Å²) in [7, 11) is 0. The summed E-state index contributed by atoms with van der Waals surface area (Å²) in [5.41, 5.74) is 0.206. The van der Waals surface area contributed by atoms with E-state index in [0.717, 1.165) is 0 Å². The first-order chi connectivity index (χ1) is 4.34. The van der Waals surface area contributed by atoms with Gasteiger partial charge in [-0.2, -0.15) is 4.39 Å². The van der Waals surface area contributed by atoms with Gasteiger partial charge in [0.1, 0.15) is 0 Å². The highest BCUT2D eigenvalue weighted by atomic mass is 19.1. The van der Waals surface area contributed by atoms with Crippen LogP contribution in [0.1, 0.15) is 5.56 Å². The molecule has 0 N–H and O–H groups in total. The van der Waals surface area contributed by atoms with Crippen molar-refractivity contribution in [3.63, 3.8) is 0 Å². The molecule has 0 unspecified atom stereocenters. The standard InChI is InChI=1S/C7H4FN/c1-2-6-4-3-5-9-7(6)8/h1,3-5H. The molecule has 1 rings (SSSR count). The third-order valence-corrected chi connectivity index (χ3v) is 0.915. The third-order valence-electron chi connectivity index (χ3n) is 0.915. The van der Waals surface area contributed by atoms with Gasteiger partial charge in [0, 0.05) is 6.20 Å². The second-order valence-electron chi connectivity index (χ2n) is 1.49.